The van der Waals surface area contributed by atoms with Crippen LogP contribution in [0, 0.1) is 0 Å². The van der Waals surface area contributed by atoms with Crippen LogP contribution in [0.3, 0.4) is 0 Å². The van der Waals surface area contributed by atoms with Gasteiger partial charge in [-0.15, -0.1) is 0 Å². The smallest absolute Gasteiger partial charge is 0.250 e. The molecule has 1 aromatic rings. The first-order chi connectivity index (χ1) is 9.20. The minimum atomic E-state index is -0.557. The maximum Gasteiger partial charge on any atom is 0.250 e. The molecule has 1 fully saturated rings. The van der Waals surface area contributed by atoms with Gasteiger partial charge in [0.1, 0.15) is 0 Å². The van der Waals surface area contributed by atoms with Crippen molar-refractivity contribution >= 4 is 11.8 Å². The number of morpholine rings is 1. The van der Waals surface area contributed by atoms with E-state index in [-0.39, 0.29) is 11.8 Å². The van der Waals surface area contributed by atoms with E-state index >= 15 is 0 Å². The molecule has 102 valence electrons. The number of hydrogen-bond acceptors (Lipinski definition) is 3. The molecule has 0 saturated carbocycles. The summed E-state index contributed by atoms with van der Waals surface area (Å²) < 4.78 is 5.36. The molecule has 0 spiro atoms. The fourth-order valence-electron chi connectivity index (χ4n) is 2.08. The molecule has 1 unspecified atom stereocenters. The zero-order valence-electron chi connectivity index (χ0n) is 11.0. The molecule has 2 rings (SSSR count). The molecule has 0 aliphatic carbocycles. The van der Waals surface area contributed by atoms with Gasteiger partial charge < -0.3 is 15.0 Å². The van der Waals surface area contributed by atoms with Gasteiger partial charge in [-0.3, -0.25) is 9.59 Å². The van der Waals surface area contributed by atoms with E-state index in [1.807, 2.05) is 30.3 Å². The molecule has 0 aromatic heterocycles. The van der Waals surface area contributed by atoms with Crippen LogP contribution in [0.25, 0.3) is 0 Å². The molecule has 2 amide bonds. The van der Waals surface area contributed by atoms with Gasteiger partial charge in [-0.25, -0.2) is 0 Å². The van der Waals surface area contributed by atoms with Gasteiger partial charge in [-0.2, -0.15) is 0 Å². The van der Waals surface area contributed by atoms with Crippen molar-refractivity contribution in [1.29, 1.82) is 0 Å². The summed E-state index contributed by atoms with van der Waals surface area (Å²) in [5.41, 5.74) is 0.982. The highest BCUT2D eigenvalue weighted by Gasteiger charge is 2.28. The third-order valence-corrected chi connectivity index (χ3v) is 3.16. The summed E-state index contributed by atoms with van der Waals surface area (Å²) >= 11 is 0. The van der Waals surface area contributed by atoms with E-state index in [1.54, 1.807) is 11.9 Å². The maximum absolute atomic E-state index is 12.2. The highest BCUT2D eigenvalue weighted by atomic mass is 16.5. The molecule has 0 radical (unpaired) electrons. The van der Waals surface area contributed by atoms with Crippen molar-refractivity contribution < 1.29 is 14.3 Å². The Balaban J connectivity index is 1.94. The molecule has 19 heavy (non-hydrogen) atoms. The Kier molecular flexibility index (Phi) is 4.52. The van der Waals surface area contributed by atoms with Crippen LogP contribution >= 0.6 is 0 Å². The summed E-state index contributed by atoms with van der Waals surface area (Å²) in [4.78, 5) is 25.4. The van der Waals surface area contributed by atoms with Crippen molar-refractivity contribution in [2.24, 2.45) is 0 Å². The normalized spacial score (nSPS) is 19.0. The third-order valence-electron chi connectivity index (χ3n) is 3.16. The van der Waals surface area contributed by atoms with Crippen molar-refractivity contribution in [3.8, 4) is 0 Å². The van der Waals surface area contributed by atoms with E-state index in [0.717, 1.165) is 5.56 Å². The molecule has 1 aromatic carbocycles. The Labute approximate surface area is 112 Å². The number of likely N-dealkylation sites (N-methyl/N-ethyl adjacent to an activating group) is 1. The molecule has 5 heteroatoms. The molecule has 1 aliphatic heterocycles. The van der Waals surface area contributed by atoms with Crippen LogP contribution < -0.4 is 5.32 Å². The molecule has 1 N–H and O–H groups in total. The van der Waals surface area contributed by atoms with Crippen LogP contribution in [0.2, 0.25) is 0 Å². The van der Waals surface area contributed by atoms with Crippen molar-refractivity contribution in [2.75, 3.05) is 26.7 Å². The van der Waals surface area contributed by atoms with Gasteiger partial charge in [-0.05, 0) is 5.56 Å². The van der Waals surface area contributed by atoms with Crippen molar-refractivity contribution in [3.63, 3.8) is 0 Å². The second kappa shape index (κ2) is 6.33. The fourth-order valence-corrected chi connectivity index (χ4v) is 2.08. The van der Waals surface area contributed by atoms with Crippen molar-refractivity contribution in [2.45, 2.75) is 12.5 Å². The first kappa shape index (κ1) is 13.5. The quantitative estimate of drug-likeness (QED) is 0.846. The van der Waals surface area contributed by atoms with Crippen LogP contribution in [0.1, 0.15) is 5.56 Å². The van der Waals surface area contributed by atoms with Crippen LogP contribution in [-0.2, 0) is 20.7 Å². The van der Waals surface area contributed by atoms with E-state index in [9.17, 15) is 9.59 Å². The van der Waals surface area contributed by atoms with Crippen LogP contribution in [-0.4, -0.2) is 49.6 Å². The summed E-state index contributed by atoms with van der Waals surface area (Å²) in [6.07, 6.45) is -0.195. The number of benzene rings is 1. The SMILES string of the molecule is CNC(=O)C1CN(C(=O)Cc2ccccc2)CCO1. The second-order valence-corrected chi connectivity index (χ2v) is 4.48. The summed E-state index contributed by atoms with van der Waals surface area (Å²) in [5.74, 6) is -0.152. The average Bonchev–Trinajstić information content (AvgIpc) is 2.47. The lowest BCUT2D eigenvalue weighted by atomic mass is 10.1. The van der Waals surface area contributed by atoms with Gasteiger partial charge in [0.15, 0.2) is 6.10 Å². The minimum absolute atomic E-state index is 0.0309. The molecular formula is C14H18N2O3. The van der Waals surface area contributed by atoms with E-state index in [4.69, 9.17) is 4.74 Å². The van der Waals surface area contributed by atoms with Gasteiger partial charge in [-0.1, -0.05) is 30.3 Å². The average molecular weight is 262 g/mol. The lowest BCUT2D eigenvalue weighted by Crippen LogP contribution is -2.51. The summed E-state index contributed by atoms with van der Waals surface area (Å²) in [6.45, 7) is 1.27. The number of hydrogen-bond donors (Lipinski definition) is 1. The summed E-state index contributed by atoms with van der Waals surface area (Å²) in [5, 5.41) is 2.54. The van der Waals surface area contributed by atoms with Gasteiger partial charge in [0, 0.05) is 13.6 Å². The standard InChI is InChI=1S/C14H18N2O3/c1-15-14(18)12-10-16(7-8-19-12)13(17)9-11-5-3-2-4-6-11/h2-6,12H,7-10H2,1H3,(H,15,18). The molecule has 1 saturated heterocycles. The molecule has 0 bridgehead atoms. The maximum atomic E-state index is 12.2. The van der Waals surface area contributed by atoms with Gasteiger partial charge in [0.2, 0.25) is 5.91 Å². The van der Waals surface area contributed by atoms with E-state index in [1.165, 1.54) is 0 Å². The molecule has 5 nitrogen and oxygen atoms in total. The predicted molar refractivity (Wildman–Crippen MR) is 70.5 cm³/mol. The van der Waals surface area contributed by atoms with Gasteiger partial charge >= 0.3 is 0 Å². The van der Waals surface area contributed by atoms with Crippen LogP contribution in [0.15, 0.2) is 30.3 Å². The molecule has 1 atom stereocenters. The lowest BCUT2D eigenvalue weighted by molar-refractivity contribution is -0.146. The topological polar surface area (TPSA) is 58.6 Å². The molecule has 1 aliphatic rings. The first-order valence-electron chi connectivity index (χ1n) is 6.35. The number of ether oxygens (including phenoxy) is 1. The van der Waals surface area contributed by atoms with Gasteiger partial charge in [0.05, 0.1) is 19.6 Å². The van der Waals surface area contributed by atoms with Crippen LogP contribution in [0.5, 0.6) is 0 Å². The summed E-state index contributed by atoms with van der Waals surface area (Å²) in [6, 6.07) is 9.60. The summed E-state index contributed by atoms with van der Waals surface area (Å²) in [7, 11) is 1.57. The monoisotopic (exact) mass is 262 g/mol. The highest BCUT2D eigenvalue weighted by molar-refractivity contribution is 5.83. The zero-order chi connectivity index (χ0) is 13.7. The Bertz CT molecular complexity index is 447. The van der Waals surface area contributed by atoms with E-state index in [2.05, 4.69) is 5.32 Å². The number of nitrogens with zero attached hydrogens (tertiary/aromatic N) is 1. The number of nitrogens with one attached hydrogen (secondary N) is 1. The number of carbonyl (C=O) groups excluding carboxylic acids is 2. The Hall–Kier alpha value is -1.88. The number of amides is 2. The Morgan fingerprint density at radius 3 is 2.79 bits per heavy atom. The highest BCUT2D eigenvalue weighted by Crippen LogP contribution is 2.09. The van der Waals surface area contributed by atoms with Crippen LogP contribution in [0.4, 0.5) is 0 Å². The molecule has 1 heterocycles. The fraction of sp³-hybridized carbons (Fsp3) is 0.429. The number of carbonyl (C=O) groups is 2. The number of rotatable bonds is 3. The third kappa shape index (κ3) is 3.54. The van der Waals surface area contributed by atoms with Crippen molar-refractivity contribution in [1.82, 2.24) is 10.2 Å². The van der Waals surface area contributed by atoms with E-state index < -0.39 is 6.10 Å². The van der Waals surface area contributed by atoms with E-state index in [0.29, 0.717) is 26.1 Å². The van der Waals surface area contributed by atoms with Gasteiger partial charge in [0.25, 0.3) is 5.91 Å². The largest absolute Gasteiger partial charge is 0.365 e. The predicted octanol–water partition coefficient (Wildman–Crippen LogP) is 0.203. The second-order valence-electron chi connectivity index (χ2n) is 4.48. The molecular weight excluding hydrogens is 244 g/mol. The Morgan fingerprint density at radius 1 is 1.37 bits per heavy atom. The van der Waals surface area contributed by atoms with Crippen molar-refractivity contribution in [3.05, 3.63) is 35.9 Å². The Morgan fingerprint density at radius 2 is 2.11 bits per heavy atom. The zero-order valence-corrected chi connectivity index (χ0v) is 11.0. The lowest BCUT2D eigenvalue weighted by Gasteiger charge is -2.32. The first-order valence-corrected chi connectivity index (χ1v) is 6.35. The minimum Gasteiger partial charge on any atom is -0.365 e.